The van der Waals surface area contributed by atoms with Crippen molar-refractivity contribution in [3.8, 4) is 5.75 Å². The number of hydrogen-bond acceptors (Lipinski definition) is 1. The highest BCUT2D eigenvalue weighted by Gasteiger charge is 2.44. The highest BCUT2D eigenvalue weighted by molar-refractivity contribution is 6.31. The van der Waals surface area contributed by atoms with E-state index in [4.69, 9.17) is 27.9 Å². The molecule has 0 unspecified atom stereocenters. The van der Waals surface area contributed by atoms with E-state index in [-0.39, 0.29) is 5.60 Å². The van der Waals surface area contributed by atoms with Gasteiger partial charge in [-0.3, -0.25) is 0 Å². The van der Waals surface area contributed by atoms with Gasteiger partial charge in [-0.15, -0.1) is 11.6 Å². The van der Waals surface area contributed by atoms with E-state index in [0.717, 1.165) is 29.2 Å². The highest BCUT2D eigenvalue weighted by Crippen LogP contribution is 2.41. The summed E-state index contributed by atoms with van der Waals surface area (Å²) in [5.74, 6) is 1.43. The van der Waals surface area contributed by atoms with E-state index in [9.17, 15) is 0 Å². The minimum absolute atomic E-state index is 0.0954. The maximum absolute atomic E-state index is 5.92. The van der Waals surface area contributed by atoms with E-state index in [2.05, 4.69) is 0 Å². The fourth-order valence-corrected chi connectivity index (χ4v) is 1.77. The second-order valence-corrected chi connectivity index (χ2v) is 4.50. The number of rotatable bonds is 3. The molecule has 1 aromatic carbocycles. The number of alkyl halides is 1. The molecule has 0 bridgehead atoms. The number of benzene rings is 1. The average Bonchev–Trinajstić information content (AvgIpc) is 2.93. The Morgan fingerprint density at radius 2 is 2.14 bits per heavy atom. The van der Waals surface area contributed by atoms with Crippen LogP contribution in [0.1, 0.15) is 18.4 Å². The van der Waals surface area contributed by atoms with Crippen molar-refractivity contribution in [2.24, 2.45) is 0 Å². The molecule has 0 amide bonds. The van der Waals surface area contributed by atoms with Crippen molar-refractivity contribution in [3.05, 3.63) is 28.8 Å². The van der Waals surface area contributed by atoms with Gasteiger partial charge in [0.25, 0.3) is 0 Å². The van der Waals surface area contributed by atoms with E-state index in [0.29, 0.717) is 5.88 Å². The van der Waals surface area contributed by atoms with Gasteiger partial charge in [0, 0.05) is 5.02 Å². The summed E-state index contributed by atoms with van der Waals surface area (Å²) in [4.78, 5) is 0. The molecule has 2 rings (SSSR count). The van der Waals surface area contributed by atoms with Crippen LogP contribution in [-0.4, -0.2) is 11.5 Å². The minimum atomic E-state index is -0.0954. The Labute approximate surface area is 94.0 Å². The molecular weight excluding hydrogens is 219 g/mol. The third kappa shape index (κ3) is 1.99. The topological polar surface area (TPSA) is 9.23 Å². The molecule has 14 heavy (non-hydrogen) atoms. The summed E-state index contributed by atoms with van der Waals surface area (Å²) >= 11 is 11.7. The number of aryl methyl sites for hydroxylation is 1. The predicted molar refractivity (Wildman–Crippen MR) is 59.5 cm³/mol. The van der Waals surface area contributed by atoms with Crippen LogP contribution in [0.5, 0.6) is 5.75 Å². The van der Waals surface area contributed by atoms with Crippen LogP contribution in [0.25, 0.3) is 0 Å². The second kappa shape index (κ2) is 3.63. The van der Waals surface area contributed by atoms with E-state index < -0.39 is 0 Å². The van der Waals surface area contributed by atoms with Crippen molar-refractivity contribution in [1.29, 1.82) is 0 Å². The van der Waals surface area contributed by atoms with Crippen molar-refractivity contribution in [1.82, 2.24) is 0 Å². The third-order valence-corrected chi connectivity index (χ3v) is 3.43. The summed E-state index contributed by atoms with van der Waals surface area (Å²) in [6, 6.07) is 5.70. The van der Waals surface area contributed by atoms with Gasteiger partial charge in [-0.1, -0.05) is 11.6 Å². The molecule has 1 saturated carbocycles. The van der Waals surface area contributed by atoms with Crippen LogP contribution in [0.15, 0.2) is 18.2 Å². The molecule has 0 aromatic heterocycles. The molecule has 1 aromatic rings. The molecule has 0 N–H and O–H groups in total. The summed E-state index contributed by atoms with van der Waals surface area (Å²) in [6.45, 7) is 1.97. The molecule has 1 aliphatic rings. The lowest BCUT2D eigenvalue weighted by Crippen LogP contribution is -2.19. The Hall–Kier alpha value is -0.400. The predicted octanol–water partition coefficient (Wildman–Crippen LogP) is 3.80. The van der Waals surface area contributed by atoms with Gasteiger partial charge in [0.05, 0.1) is 5.88 Å². The van der Waals surface area contributed by atoms with E-state index in [1.807, 2.05) is 25.1 Å². The quantitative estimate of drug-likeness (QED) is 0.719. The zero-order valence-corrected chi connectivity index (χ0v) is 9.53. The first kappa shape index (κ1) is 10.1. The molecule has 0 saturated heterocycles. The maximum Gasteiger partial charge on any atom is 0.123 e. The van der Waals surface area contributed by atoms with Crippen LogP contribution in [0.2, 0.25) is 5.02 Å². The van der Waals surface area contributed by atoms with E-state index in [1.165, 1.54) is 0 Å². The summed E-state index contributed by atoms with van der Waals surface area (Å²) in [5.41, 5.74) is 0.941. The van der Waals surface area contributed by atoms with Crippen LogP contribution in [0.4, 0.5) is 0 Å². The largest absolute Gasteiger partial charge is 0.486 e. The van der Waals surface area contributed by atoms with Gasteiger partial charge in [0.2, 0.25) is 0 Å². The molecule has 1 fully saturated rings. The van der Waals surface area contributed by atoms with Gasteiger partial charge in [0.1, 0.15) is 11.4 Å². The minimum Gasteiger partial charge on any atom is -0.486 e. The van der Waals surface area contributed by atoms with E-state index in [1.54, 1.807) is 0 Å². The van der Waals surface area contributed by atoms with Gasteiger partial charge in [-0.2, -0.15) is 0 Å². The summed E-state index contributed by atoms with van der Waals surface area (Å²) < 4.78 is 5.81. The lowest BCUT2D eigenvalue weighted by atomic mass is 10.2. The van der Waals surface area contributed by atoms with Crippen molar-refractivity contribution < 1.29 is 4.74 Å². The fourth-order valence-electron chi connectivity index (χ4n) is 1.33. The molecule has 1 nitrogen and oxygen atoms in total. The van der Waals surface area contributed by atoms with Gasteiger partial charge in [0.15, 0.2) is 0 Å². The Morgan fingerprint density at radius 1 is 1.43 bits per heavy atom. The average molecular weight is 231 g/mol. The van der Waals surface area contributed by atoms with Crippen LogP contribution in [0, 0.1) is 6.92 Å². The van der Waals surface area contributed by atoms with E-state index >= 15 is 0 Å². The Bertz CT molecular complexity index is 345. The molecule has 0 atom stereocenters. The number of hydrogen-bond donors (Lipinski definition) is 0. The van der Waals surface area contributed by atoms with Crippen molar-refractivity contribution in [2.75, 3.05) is 5.88 Å². The summed E-state index contributed by atoms with van der Waals surface area (Å²) in [7, 11) is 0. The number of ether oxygens (including phenoxy) is 1. The Balaban J connectivity index is 2.14. The zero-order chi connectivity index (χ0) is 10.2. The van der Waals surface area contributed by atoms with Crippen molar-refractivity contribution >= 4 is 23.2 Å². The first-order chi connectivity index (χ1) is 6.65. The lowest BCUT2D eigenvalue weighted by molar-refractivity contribution is 0.203. The summed E-state index contributed by atoms with van der Waals surface area (Å²) in [6.07, 6.45) is 2.11. The molecular formula is C11H12Cl2O. The molecule has 0 aliphatic heterocycles. The Morgan fingerprint density at radius 3 is 2.64 bits per heavy atom. The standard InChI is InChI=1S/C11H12Cl2O/c1-8-6-9(2-3-10(8)13)14-11(7-12)4-5-11/h2-3,6H,4-5,7H2,1H3. The highest BCUT2D eigenvalue weighted by atomic mass is 35.5. The molecule has 1 aliphatic carbocycles. The molecule has 0 heterocycles. The molecule has 3 heteroatoms. The smallest absolute Gasteiger partial charge is 0.123 e. The second-order valence-electron chi connectivity index (χ2n) is 3.83. The summed E-state index contributed by atoms with van der Waals surface area (Å²) in [5, 5.41) is 0.771. The SMILES string of the molecule is Cc1cc(OC2(CCl)CC2)ccc1Cl. The van der Waals surface area contributed by atoms with Crippen LogP contribution >= 0.6 is 23.2 Å². The van der Waals surface area contributed by atoms with Gasteiger partial charge in [-0.05, 0) is 43.5 Å². The van der Waals surface area contributed by atoms with Gasteiger partial charge in [-0.25, -0.2) is 0 Å². The number of halogens is 2. The Kier molecular flexibility index (Phi) is 2.63. The molecule has 0 spiro atoms. The zero-order valence-electron chi connectivity index (χ0n) is 8.02. The lowest BCUT2D eigenvalue weighted by Gasteiger charge is -2.15. The van der Waals surface area contributed by atoms with Gasteiger partial charge < -0.3 is 4.74 Å². The van der Waals surface area contributed by atoms with Crippen LogP contribution in [-0.2, 0) is 0 Å². The van der Waals surface area contributed by atoms with Crippen LogP contribution < -0.4 is 4.74 Å². The maximum atomic E-state index is 5.92. The normalized spacial score (nSPS) is 17.9. The fraction of sp³-hybridized carbons (Fsp3) is 0.455. The van der Waals surface area contributed by atoms with Gasteiger partial charge >= 0.3 is 0 Å². The first-order valence-electron chi connectivity index (χ1n) is 4.66. The molecule has 0 radical (unpaired) electrons. The van der Waals surface area contributed by atoms with Crippen molar-refractivity contribution in [3.63, 3.8) is 0 Å². The first-order valence-corrected chi connectivity index (χ1v) is 5.58. The monoisotopic (exact) mass is 230 g/mol. The molecule has 76 valence electrons. The third-order valence-electron chi connectivity index (χ3n) is 2.51. The van der Waals surface area contributed by atoms with Crippen molar-refractivity contribution in [2.45, 2.75) is 25.4 Å². The van der Waals surface area contributed by atoms with Crippen LogP contribution in [0.3, 0.4) is 0 Å².